The van der Waals surface area contributed by atoms with Crippen LogP contribution in [-0.4, -0.2) is 5.11 Å². The zero-order chi connectivity index (χ0) is 19.1. The van der Waals surface area contributed by atoms with E-state index in [0.717, 1.165) is 39.2 Å². The van der Waals surface area contributed by atoms with Crippen LogP contribution in [0.2, 0.25) is 5.02 Å². The Bertz CT molecular complexity index is 1150. The number of nitrogens with one attached hydrogen (secondary N) is 1. The molecule has 0 fully saturated rings. The van der Waals surface area contributed by atoms with Gasteiger partial charge in [0.05, 0.1) is 0 Å². The van der Waals surface area contributed by atoms with Gasteiger partial charge in [-0.05, 0) is 41.0 Å². The van der Waals surface area contributed by atoms with Gasteiger partial charge in [-0.2, -0.15) is 0 Å². The molecule has 28 heavy (non-hydrogen) atoms. The maximum absolute atomic E-state index is 12.3. The van der Waals surface area contributed by atoms with Gasteiger partial charge < -0.3 is 10.4 Å². The third-order valence-corrected chi connectivity index (χ3v) is 5.61. The summed E-state index contributed by atoms with van der Waals surface area (Å²) in [6.45, 7) is 0. The van der Waals surface area contributed by atoms with Crippen molar-refractivity contribution in [2.45, 2.75) is 5.60 Å². The highest BCUT2D eigenvalue weighted by Gasteiger charge is 2.42. The molecule has 4 aromatic rings. The van der Waals surface area contributed by atoms with Crippen LogP contribution in [0.5, 0.6) is 0 Å². The molecule has 0 spiro atoms. The average Bonchev–Trinajstić information content (AvgIpc) is 2.75. The summed E-state index contributed by atoms with van der Waals surface area (Å²) in [5.41, 5.74) is 5.06. The van der Waals surface area contributed by atoms with Gasteiger partial charge in [0.1, 0.15) is 5.60 Å². The largest absolute Gasteiger partial charge is 0.376 e. The SMILES string of the molecule is OC1(c2ccccc2)c2ccccc2Nc2cccc(-c3ccc(Cl)cc3)c21. The van der Waals surface area contributed by atoms with Crippen molar-refractivity contribution >= 4 is 23.0 Å². The third kappa shape index (κ3) is 2.54. The van der Waals surface area contributed by atoms with E-state index in [9.17, 15) is 5.11 Å². The van der Waals surface area contributed by atoms with Gasteiger partial charge >= 0.3 is 0 Å². The molecule has 1 unspecified atom stereocenters. The third-order valence-electron chi connectivity index (χ3n) is 5.36. The van der Waals surface area contributed by atoms with E-state index in [4.69, 9.17) is 11.6 Å². The van der Waals surface area contributed by atoms with Crippen molar-refractivity contribution < 1.29 is 5.11 Å². The van der Waals surface area contributed by atoms with Gasteiger partial charge in [0.15, 0.2) is 0 Å². The number of hydrogen-bond donors (Lipinski definition) is 2. The van der Waals surface area contributed by atoms with Gasteiger partial charge in [-0.1, -0.05) is 84.4 Å². The van der Waals surface area contributed by atoms with Gasteiger partial charge in [0.2, 0.25) is 0 Å². The monoisotopic (exact) mass is 383 g/mol. The number of fused-ring (bicyclic) bond motifs is 2. The molecule has 2 N–H and O–H groups in total. The van der Waals surface area contributed by atoms with E-state index in [1.54, 1.807) is 0 Å². The van der Waals surface area contributed by atoms with E-state index >= 15 is 0 Å². The minimum absolute atomic E-state index is 0.690. The summed E-state index contributed by atoms with van der Waals surface area (Å²) in [7, 11) is 0. The molecule has 0 amide bonds. The van der Waals surface area contributed by atoms with Gasteiger partial charge in [0.25, 0.3) is 0 Å². The lowest BCUT2D eigenvalue weighted by molar-refractivity contribution is 0.126. The summed E-state index contributed by atoms with van der Waals surface area (Å²) in [6.07, 6.45) is 0. The van der Waals surface area contributed by atoms with Crippen LogP contribution >= 0.6 is 11.6 Å². The Kier molecular flexibility index (Phi) is 3.97. The molecule has 0 aromatic heterocycles. The van der Waals surface area contributed by atoms with Crippen LogP contribution in [0.4, 0.5) is 11.4 Å². The summed E-state index contributed by atoms with van der Waals surface area (Å²) < 4.78 is 0. The Morgan fingerprint density at radius 2 is 1.36 bits per heavy atom. The Morgan fingerprint density at radius 3 is 2.14 bits per heavy atom. The van der Waals surface area contributed by atoms with E-state index < -0.39 is 5.60 Å². The van der Waals surface area contributed by atoms with Gasteiger partial charge in [0, 0.05) is 27.5 Å². The predicted molar refractivity (Wildman–Crippen MR) is 115 cm³/mol. The van der Waals surface area contributed by atoms with Crippen LogP contribution in [0.3, 0.4) is 0 Å². The fourth-order valence-corrected chi connectivity index (χ4v) is 4.21. The molecule has 0 aliphatic carbocycles. The molecule has 1 heterocycles. The first-order chi connectivity index (χ1) is 13.7. The molecule has 136 valence electrons. The first-order valence-corrected chi connectivity index (χ1v) is 9.59. The molecule has 0 bridgehead atoms. The van der Waals surface area contributed by atoms with E-state index in [0.29, 0.717) is 5.02 Å². The summed E-state index contributed by atoms with van der Waals surface area (Å²) in [6, 6.07) is 31.6. The molecule has 1 aliphatic heterocycles. The highest BCUT2D eigenvalue weighted by molar-refractivity contribution is 6.30. The standard InChI is InChI=1S/C25H18ClNO/c26-19-15-13-17(14-16-19)20-9-6-12-23-24(20)25(28,18-7-2-1-3-8-18)21-10-4-5-11-22(21)27-23/h1-16,27-28H. The highest BCUT2D eigenvalue weighted by Crippen LogP contribution is 2.51. The Labute approximate surface area is 169 Å². The van der Waals surface area contributed by atoms with E-state index in [-0.39, 0.29) is 0 Å². The van der Waals surface area contributed by atoms with Crippen molar-refractivity contribution in [2.24, 2.45) is 0 Å². The zero-order valence-electron chi connectivity index (χ0n) is 15.1. The Balaban J connectivity index is 1.85. The maximum Gasteiger partial charge on any atom is 0.145 e. The average molecular weight is 384 g/mol. The lowest BCUT2D eigenvalue weighted by Gasteiger charge is -2.39. The van der Waals surface area contributed by atoms with Crippen LogP contribution in [0.1, 0.15) is 16.7 Å². The second-order valence-electron chi connectivity index (χ2n) is 6.98. The van der Waals surface area contributed by atoms with Crippen molar-refractivity contribution in [1.29, 1.82) is 0 Å². The van der Waals surface area contributed by atoms with Crippen LogP contribution in [0, 0.1) is 0 Å². The molecule has 0 saturated carbocycles. The summed E-state index contributed by atoms with van der Waals surface area (Å²) in [5, 5.41) is 16.5. The second kappa shape index (κ2) is 6.52. The maximum atomic E-state index is 12.3. The lowest BCUT2D eigenvalue weighted by atomic mass is 9.74. The Hall–Kier alpha value is -3.07. The number of para-hydroxylation sites is 1. The first-order valence-electron chi connectivity index (χ1n) is 9.22. The predicted octanol–water partition coefficient (Wildman–Crippen LogP) is 6.35. The minimum Gasteiger partial charge on any atom is -0.376 e. The van der Waals surface area contributed by atoms with Crippen molar-refractivity contribution in [2.75, 3.05) is 5.32 Å². The molecule has 0 saturated heterocycles. The van der Waals surface area contributed by atoms with Gasteiger partial charge in [-0.15, -0.1) is 0 Å². The summed E-state index contributed by atoms with van der Waals surface area (Å²) in [4.78, 5) is 0. The fraction of sp³-hybridized carbons (Fsp3) is 0.0400. The van der Waals surface area contributed by atoms with E-state index in [1.807, 2.05) is 97.1 Å². The normalized spacial score (nSPS) is 17.4. The van der Waals surface area contributed by atoms with Gasteiger partial charge in [-0.3, -0.25) is 0 Å². The summed E-state index contributed by atoms with van der Waals surface area (Å²) >= 11 is 6.10. The topological polar surface area (TPSA) is 32.3 Å². The quantitative estimate of drug-likeness (QED) is 0.422. The van der Waals surface area contributed by atoms with Crippen LogP contribution in [-0.2, 0) is 5.60 Å². The summed E-state index contributed by atoms with van der Waals surface area (Å²) in [5.74, 6) is 0. The van der Waals surface area contributed by atoms with Crippen molar-refractivity contribution in [3.8, 4) is 11.1 Å². The number of anilines is 2. The highest BCUT2D eigenvalue weighted by atomic mass is 35.5. The zero-order valence-corrected chi connectivity index (χ0v) is 15.8. The van der Waals surface area contributed by atoms with Crippen LogP contribution < -0.4 is 5.32 Å². The first kappa shape index (κ1) is 17.1. The van der Waals surface area contributed by atoms with Crippen molar-refractivity contribution in [3.63, 3.8) is 0 Å². The molecule has 3 heteroatoms. The number of aliphatic hydroxyl groups is 1. The lowest BCUT2D eigenvalue weighted by Crippen LogP contribution is -2.34. The number of hydrogen-bond acceptors (Lipinski definition) is 2. The molecule has 4 aromatic carbocycles. The van der Waals surface area contributed by atoms with Crippen molar-refractivity contribution in [1.82, 2.24) is 0 Å². The van der Waals surface area contributed by atoms with E-state index in [1.165, 1.54) is 0 Å². The van der Waals surface area contributed by atoms with Crippen LogP contribution in [0.25, 0.3) is 11.1 Å². The molecular formula is C25H18ClNO. The Morgan fingerprint density at radius 1 is 0.679 bits per heavy atom. The molecule has 1 aliphatic rings. The number of rotatable bonds is 2. The molecule has 2 nitrogen and oxygen atoms in total. The molecule has 0 radical (unpaired) electrons. The van der Waals surface area contributed by atoms with E-state index in [2.05, 4.69) is 5.32 Å². The second-order valence-corrected chi connectivity index (χ2v) is 7.42. The molecular weight excluding hydrogens is 366 g/mol. The van der Waals surface area contributed by atoms with Crippen LogP contribution in [0.15, 0.2) is 97.1 Å². The number of halogens is 1. The molecule has 1 atom stereocenters. The van der Waals surface area contributed by atoms with Crippen molar-refractivity contribution in [3.05, 3.63) is 119 Å². The smallest absolute Gasteiger partial charge is 0.145 e. The number of benzene rings is 4. The molecule has 5 rings (SSSR count). The fourth-order valence-electron chi connectivity index (χ4n) is 4.08. The van der Waals surface area contributed by atoms with Gasteiger partial charge in [-0.25, -0.2) is 0 Å². The minimum atomic E-state index is -1.27.